The van der Waals surface area contributed by atoms with Crippen LogP contribution in [0.5, 0.6) is 5.75 Å². The minimum atomic E-state index is -0.711. The van der Waals surface area contributed by atoms with E-state index in [1.54, 1.807) is 23.1 Å². The standard InChI is InChI=1S/C29H31N3O4/c1-18(2)20-5-7-21(8-6-20)26-25(27(33)22-9-10-24-23(16-22)15-19(3)36-24)28(34)29(35)32(26)13-4-12-31-14-11-30-17-31/h5-11,14,16-19,26H,4,12-13,15H2,1-3H3,(H,33,34). The molecule has 2 atom stereocenters. The fourth-order valence-corrected chi connectivity index (χ4v) is 5.11. The summed E-state index contributed by atoms with van der Waals surface area (Å²) in [6.07, 6.45) is 7.00. The molecule has 7 heteroatoms. The molecule has 2 aliphatic heterocycles. The maximum atomic E-state index is 13.8. The van der Waals surface area contributed by atoms with Crippen LogP contribution in [0.3, 0.4) is 0 Å². The highest BCUT2D eigenvalue weighted by Crippen LogP contribution is 2.40. The van der Waals surface area contributed by atoms with Crippen LogP contribution in [0.15, 0.2) is 66.8 Å². The number of imidazole rings is 1. The van der Waals surface area contributed by atoms with E-state index in [4.69, 9.17) is 4.74 Å². The Morgan fingerprint density at radius 2 is 1.97 bits per heavy atom. The van der Waals surface area contributed by atoms with Crippen molar-refractivity contribution in [1.29, 1.82) is 0 Å². The molecule has 186 valence electrons. The van der Waals surface area contributed by atoms with Crippen molar-refractivity contribution in [3.8, 4) is 5.75 Å². The van der Waals surface area contributed by atoms with Gasteiger partial charge in [0.1, 0.15) is 24.2 Å². The number of fused-ring (bicyclic) bond motifs is 1. The van der Waals surface area contributed by atoms with Crippen LogP contribution < -0.4 is 14.4 Å². The number of ether oxygens (including phenoxy) is 1. The maximum absolute atomic E-state index is 13.8. The zero-order valence-corrected chi connectivity index (χ0v) is 20.9. The first kappa shape index (κ1) is 23.9. The first-order valence-corrected chi connectivity index (χ1v) is 12.5. The van der Waals surface area contributed by atoms with Gasteiger partial charge in [-0.1, -0.05) is 49.9 Å². The van der Waals surface area contributed by atoms with Crippen LogP contribution in [0, 0.1) is 0 Å². The van der Waals surface area contributed by atoms with Gasteiger partial charge >= 0.3 is 0 Å². The highest BCUT2D eigenvalue weighted by Gasteiger charge is 2.44. The average Bonchev–Trinajstić information content (AvgIpc) is 3.57. The minimum Gasteiger partial charge on any atom is -0.872 e. The molecule has 1 amide bonds. The van der Waals surface area contributed by atoms with Crippen LogP contribution >= 0.6 is 0 Å². The Morgan fingerprint density at radius 3 is 2.67 bits per heavy atom. The van der Waals surface area contributed by atoms with Crippen molar-refractivity contribution in [2.24, 2.45) is 0 Å². The second-order valence-corrected chi connectivity index (χ2v) is 9.95. The molecule has 36 heavy (non-hydrogen) atoms. The van der Waals surface area contributed by atoms with Gasteiger partial charge in [0.25, 0.3) is 5.91 Å². The van der Waals surface area contributed by atoms with Crippen LogP contribution in [-0.4, -0.2) is 34.2 Å². The molecule has 0 bridgehead atoms. The van der Waals surface area contributed by atoms with Crippen LogP contribution in [0.2, 0.25) is 0 Å². The molecule has 2 aromatic carbocycles. The number of carbonyl (C=O) groups excluding carboxylic acids is 2. The molecule has 2 aliphatic rings. The van der Waals surface area contributed by atoms with Gasteiger partial charge in [-0.15, -0.1) is 0 Å². The summed E-state index contributed by atoms with van der Waals surface area (Å²) >= 11 is 0. The number of nitrogens with one attached hydrogen (secondary N) is 1. The predicted octanol–water partition coefficient (Wildman–Crippen LogP) is 3.06. The number of amides is 1. The van der Waals surface area contributed by atoms with Gasteiger partial charge in [0.2, 0.25) is 12.1 Å². The summed E-state index contributed by atoms with van der Waals surface area (Å²) in [5.74, 6) is -0.606. The lowest BCUT2D eigenvalue weighted by molar-refractivity contribution is -0.695. The van der Waals surface area contributed by atoms with E-state index < -0.39 is 23.5 Å². The molecule has 1 N–H and O–H groups in total. The Bertz CT molecular complexity index is 1310. The van der Waals surface area contributed by atoms with Gasteiger partial charge in [-0.2, -0.15) is 0 Å². The lowest BCUT2D eigenvalue weighted by Gasteiger charge is -2.28. The zero-order valence-electron chi connectivity index (χ0n) is 20.9. The monoisotopic (exact) mass is 485 g/mol. The average molecular weight is 486 g/mol. The van der Waals surface area contributed by atoms with E-state index >= 15 is 0 Å². The molecule has 2 unspecified atom stereocenters. The van der Waals surface area contributed by atoms with Gasteiger partial charge in [-0.05, 0) is 47.2 Å². The number of H-pyrrole nitrogens is 1. The van der Waals surface area contributed by atoms with Crippen molar-refractivity contribution in [1.82, 2.24) is 9.88 Å². The molecule has 7 nitrogen and oxygen atoms in total. The Balaban J connectivity index is 1.53. The first-order valence-electron chi connectivity index (χ1n) is 12.5. The Morgan fingerprint density at radius 1 is 1.19 bits per heavy atom. The second-order valence-electron chi connectivity index (χ2n) is 9.95. The molecule has 0 saturated carbocycles. The summed E-state index contributed by atoms with van der Waals surface area (Å²) in [6, 6.07) is 12.5. The molecule has 3 aromatic rings. The summed E-state index contributed by atoms with van der Waals surface area (Å²) in [4.78, 5) is 31.1. The SMILES string of the molecule is CC1Cc2cc(C([O-])=C3C(=O)C(=O)N(CCC[n+]4cc[nH]c4)C3c3ccc(C(C)C)cc3)ccc2O1. The van der Waals surface area contributed by atoms with Crippen molar-refractivity contribution in [2.45, 2.75) is 58.2 Å². The van der Waals surface area contributed by atoms with Crippen molar-refractivity contribution in [2.75, 3.05) is 6.54 Å². The molecule has 5 rings (SSSR count). The predicted molar refractivity (Wildman–Crippen MR) is 133 cm³/mol. The number of aromatic amines is 1. The molecule has 1 saturated heterocycles. The Kier molecular flexibility index (Phi) is 6.39. The number of likely N-dealkylation sites (tertiary alicyclic amines) is 1. The number of rotatable bonds is 7. The number of aromatic nitrogens is 2. The molecule has 0 spiro atoms. The largest absolute Gasteiger partial charge is 0.872 e. The van der Waals surface area contributed by atoms with Crippen LogP contribution in [0.1, 0.15) is 61.4 Å². The fraction of sp³-hybridized carbons (Fsp3) is 0.345. The van der Waals surface area contributed by atoms with Crippen molar-refractivity contribution in [3.05, 3.63) is 89.0 Å². The molecule has 0 aliphatic carbocycles. The van der Waals surface area contributed by atoms with Crippen molar-refractivity contribution < 1.29 is 24.0 Å². The normalized spacial score (nSPS) is 20.7. The summed E-state index contributed by atoms with van der Waals surface area (Å²) in [6.45, 7) is 7.26. The van der Waals surface area contributed by atoms with E-state index in [2.05, 4.69) is 18.8 Å². The second kappa shape index (κ2) is 9.64. The van der Waals surface area contributed by atoms with Crippen molar-refractivity contribution >= 4 is 17.4 Å². The number of carbonyl (C=O) groups is 2. The smallest absolute Gasteiger partial charge is 0.295 e. The van der Waals surface area contributed by atoms with Crippen molar-refractivity contribution in [3.63, 3.8) is 0 Å². The number of hydrogen-bond acceptors (Lipinski definition) is 4. The number of benzene rings is 2. The molecular weight excluding hydrogens is 454 g/mol. The third kappa shape index (κ3) is 4.41. The van der Waals surface area contributed by atoms with Gasteiger partial charge in [-0.25, -0.2) is 4.57 Å². The molecular formula is C29H31N3O4. The molecule has 3 heterocycles. The van der Waals surface area contributed by atoms with Crippen LogP contribution in [-0.2, 0) is 22.6 Å². The summed E-state index contributed by atoms with van der Waals surface area (Å²) in [5, 5.41) is 13.8. The van der Waals surface area contributed by atoms with E-state index in [-0.39, 0.29) is 11.7 Å². The third-order valence-electron chi connectivity index (χ3n) is 7.02. The Hall–Kier alpha value is -3.87. The number of Topliss-reactive ketones (excluding diaryl/α,β-unsaturated/α-hetero) is 1. The van der Waals surface area contributed by atoms with Crippen LogP contribution in [0.4, 0.5) is 0 Å². The molecule has 1 aromatic heterocycles. The maximum Gasteiger partial charge on any atom is 0.295 e. The van der Waals surface area contributed by atoms with E-state index in [9.17, 15) is 14.7 Å². The first-order chi connectivity index (χ1) is 17.3. The lowest BCUT2D eigenvalue weighted by Crippen LogP contribution is -2.36. The highest BCUT2D eigenvalue weighted by molar-refractivity contribution is 6.46. The van der Waals surface area contributed by atoms with Crippen LogP contribution in [0.25, 0.3) is 5.76 Å². The van der Waals surface area contributed by atoms with Gasteiger partial charge in [-0.3, -0.25) is 14.6 Å². The summed E-state index contributed by atoms with van der Waals surface area (Å²) < 4.78 is 7.75. The quantitative estimate of drug-likeness (QED) is 0.241. The third-order valence-corrected chi connectivity index (χ3v) is 7.02. The van der Waals surface area contributed by atoms with Gasteiger partial charge in [0.05, 0.1) is 12.6 Å². The number of nitrogens with zero attached hydrogens (tertiary/aromatic N) is 2. The number of ketones is 1. The number of hydrogen-bond donors (Lipinski definition) is 1. The zero-order chi connectivity index (χ0) is 25.4. The van der Waals surface area contributed by atoms with E-state index in [1.807, 2.05) is 54.5 Å². The van der Waals surface area contributed by atoms with Gasteiger partial charge in [0, 0.05) is 25.0 Å². The van der Waals surface area contributed by atoms with Gasteiger partial charge in [0.15, 0.2) is 0 Å². The fourth-order valence-electron chi connectivity index (χ4n) is 5.11. The Labute approximate surface area is 211 Å². The number of aryl methyl sites for hydroxylation is 1. The lowest BCUT2D eigenvalue weighted by atomic mass is 9.92. The van der Waals surface area contributed by atoms with Gasteiger partial charge < -0.3 is 14.7 Å². The topological polar surface area (TPSA) is 89.3 Å². The van der Waals surface area contributed by atoms with E-state index in [0.717, 1.165) is 22.4 Å². The minimum absolute atomic E-state index is 0.0264. The molecule has 0 radical (unpaired) electrons. The molecule has 1 fully saturated rings. The highest BCUT2D eigenvalue weighted by atomic mass is 16.5. The van der Waals surface area contributed by atoms with E-state index in [0.29, 0.717) is 37.4 Å². The summed E-state index contributed by atoms with van der Waals surface area (Å²) in [5.41, 5.74) is 3.32. The van der Waals surface area contributed by atoms with E-state index in [1.165, 1.54) is 0 Å². The summed E-state index contributed by atoms with van der Waals surface area (Å²) in [7, 11) is 0.